The van der Waals surface area contributed by atoms with Crippen molar-refractivity contribution in [1.29, 1.82) is 5.26 Å². The van der Waals surface area contributed by atoms with Gasteiger partial charge in [-0.1, -0.05) is 0 Å². The van der Waals surface area contributed by atoms with Gasteiger partial charge in [0.1, 0.15) is 6.07 Å². The fourth-order valence-electron chi connectivity index (χ4n) is 0.754. The molecule has 11 heavy (non-hydrogen) atoms. The molecule has 1 aromatic heterocycles. The van der Waals surface area contributed by atoms with Gasteiger partial charge in [0.25, 0.3) is 5.56 Å². The molecular weight excluding hydrogens is 142 g/mol. The van der Waals surface area contributed by atoms with E-state index in [0.717, 1.165) is 0 Å². The summed E-state index contributed by atoms with van der Waals surface area (Å²) in [6.07, 6.45) is 0. The molecule has 4 nitrogen and oxygen atoms in total. The summed E-state index contributed by atoms with van der Waals surface area (Å²) >= 11 is 0. The number of hydrogen-bond acceptors (Lipinski definition) is 3. The van der Waals surface area contributed by atoms with E-state index in [2.05, 4.69) is 4.98 Å². The van der Waals surface area contributed by atoms with Crippen molar-refractivity contribution in [1.82, 2.24) is 9.55 Å². The van der Waals surface area contributed by atoms with Crippen molar-refractivity contribution in [3.05, 3.63) is 27.9 Å². The SMILES string of the molecule is Cc1cc(=O)n(C)c(C#N)n1. The van der Waals surface area contributed by atoms with E-state index in [4.69, 9.17) is 5.26 Å². The molecule has 0 saturated carbocycles. The van der Waals surface area contributed by atoms with Gasteiger partial charge in [0, 0.05) is 18.8 Å². The van der Waals surface area contributed by atoms with Gasteiger partial charge in [-0.2, -0.15) is 5.26 Å². The third-order valence-electron chi connectivity index (χ3n) is 1.36. The molecule has 0 fully saturated rings. The molecular formula is C7H7N3O. The molecule has 1 heterocycles. The topological polar surface area (TPSA) is 58.7 Å². The van der Waals surface area contributed by atoms with Crippen molar-refractivity contribution in [3.63, 3.8) is 0 Å². The summed E-state index contributed by atoms with van der Waals surface area (Å²) in [4.78, 5) is 14.8. The Morgan fingerprint density at radius 1 is 1.73 bits per heavy atom. The average Bonchev–Trinajstić information content (AvgIpc) is 1.96. The number of rotatable bonds is 0. The smallest absolute Gasteiger partial charge is 0.254 e. The molecule has 0 unspecified atom stereocenters. The normalized spacial score (nSPS) is 9.18. The van der Waals surface area contributed by atoms with E-state index < -0.39 is 0 Å². The Hall–Kier alpha value is -1.63. The molecule has 0 spiro atoms. The highest BCUT2D eigenvalue weighted by atomic mass is 16.1. The van der Waals surface area contributed by atoms with Crippen LogP contribution in [-0.2, 0) is 7.05 Å². The monoisotopic (exact) mass is 149 g/mol. The van der Waals surface area contributed by atoms with Crippen LogP contribution >= 0.6 is 0 Å². The van der Waals surface area contributed by atoms with Crippen LogP contribution < -0.4 is 5.56 Å². The minimum Gasteiger partial charge on any atom is -0.287 e. The summed E-state index contributed by atoms with van der Waals surface area (Å²) < 4.78 is 1.22. The van der Waals surface area contributed by atoms with E-state index in [9.17, 15) is 4.79 Å². The van der Waals surface area contributed by atoms with Crippen LogP contribution in [0.2, 0.25) is 0 Å². The summed E-state index contributed by atoms with van der Waals surface area (Å²) in [6, 6.07) is 3.22. The van der Waals surface area contributed by atoms with Crippen molar-refractivity contribution in [2.75, 3.05) is 0 Å². The molecule has 4 heteroatoms. The Morgan fingerprint density at radius 3 is 2.91 bits per heavy atom. The van der Waals surface area contributed by atoms with Gasteiger partial charge in [0.05, 0.1) is 0 Å². The maximum absolute atomic E-state index is 11.0. The lowest BCUT2D eigenvalue weighted by molar-refractivity contribution is 0.792. The third-order valence-corrected chi connectivity index (χ3v) is 1.36. The van der Waals surface area contributed by atoms with Crippen LogP contribution in [0.25, 0.3) is 0 Å². The fourth-order valence-corrected chi connectivity index (χ4v) is 0.754. The van der Waals surface area contributed by atoms with E-state index in [1.807, 2.05) is 6.07 Å². The zero-order chi connectivity index (χ0) is 8.43. The number of aryl methyl sites for hydroxylation is 1. The zero-order valence-corrected chi connectivity index (χ0v) is 6.33. The molecule has 0 aromatic carbocycles. The van der Waals surface area contributed by atoms with Crippen molar-refractivity contribution in [3.8, 4) is 6.07 Å². The first-order chi connectivity index (χ1) is 5.15. The first-order valence-corrected chi connectivity index (χ1v) is 3.10. The highest BCUT2D eigenvalue weighted by molar-refractivity contribution is 5.13. The predicted molar refractivity (Wildman–Crippen MR) is 38.9 cm³/mol. The first kappa shape index (κ1) is 7.48. The van der Waals surface area contributed by atoms with Gasteiger partial charge in [0.15, 0.2) is 0 Å². The van der Waals surface area contributed by atoms with Crippen LogP contribution in [0, 0.1) is 18.3 Å². The molecule has 0 amide bonds. The highest BCUT2D eigenvalue weighted by Gasteiger charge is 1.99. The van der Waals surface area contributed by atoms with Gasteiger partial charge >= 0.3 is 0 Å². The van der Waals surface area contributed by atoms with Crippen molar-refractivity contribution >= 4 is 0 Å². The van der Waals surface area contributed by atoms with Crippen LogP contribution in [0.1, 0.15) is 11.5 Å². The highest BCUT2D eigenvalue weighted by Crippen LogP contribution is 1.89. The summed E-state index contributed by atoms with van der Waals surface area (Å²) in [7, 11) is 1.52. The molecule has 0 aliphatic carbocycles. The van der Waals surface area contributed by atoms with Gasteiger partial charge in [0.2, 0.25) is 5.82 Å². The molecule has 0 N–H and O–H groups in total. The van der Waals surface area contributed by atoms with E-state index in [1.54, 1.807) is 6.92 Å². The van der Waals surface area contributed by atoms with Crippen LogP contribution in [0.3, 0.4) is 0 Å². The zero-order valence-electron chi connectivity index (χ0n) is 6.33. The second kappa shape index (κ2) is 2.54. The van der Waals surface area contributed by atoms with Crippen LogP contribution in [-0.4, -0.2) is 9.55 Å². The van der Waals surface area contributed by atoms with Gasteiger partial charge in [-0.3, -0.25) is 9.36 Å². The van der Waals surface area contributed by atoms with E-state index in [0.29, 0.717) is 5.69 Å². The minimum atomic E-state index is -0.200. The molecule has 1 rings (SSSR count). The Balaban J connectivity index is 3.52. The van der Waals surface area contributed by atoms with Gasteiger partial charge < -0.3 is 0 Å². The molecule has 0 aliphatic heterocycles. The van der Waals surface area contributed by atoms with Crippen molar-refractivity contribution in [2.45, 2.75) is 6.92 Å². The second-order valence-corrected chi connectivity index (χ2v) is 2.23. The summed E-state index contributed by atoms with van der Waals surface area (Å²) in [5, 5.41) is 8.50. The number of nitrogens with zero attached hydrogens (tertiary/aromatic N) is 3. The Bertz CT molecular complexity index is 372. The molecule has 0 bridgehead atoms. The second-order valence-electron chi connectivity index (χ2n) is 2.23. The standard InChI is InChI=1S/C7H7N3O/c1-5-3-7(11)10(2)6(4-8)9-5/h3H,1-2H3. The average molecular weight is 149 g/mol. The van der Waals surface area contributed by atoms with Crippen molar-refractivity contribution in [2.24, 2.45) is 7.05 Å². The van der Waals surface area contributed by atoms with E-state index in [1.165, 1.54) is 17.7 Å². The quantitative estimate of drug-likeness (QED) is 0.520. The summed E-state index contributed by atoms with van der Waals surface area (Å²) in [5.41, 5.74) is 0.374. The molecule has 0 radical (unpaired) electrons. The van der Waals surface area contributed by atoms with Crippen molar-refractivity contribution < 1.29 is 0 Å². The molecule has 0 atom stereocenters. The van der Waals surface area contributed by atoms with Gasteiger partial charge in [-0.05, 0) is 6.92 Å². The Kier molecular flexibility index (Phi) is 1.73. The van der Waals surface area contributed by atoms with Crippen LogP contribution in [0.15, 0.2) is 10.9 Å². The Morgan fingerprint density at radius 2 is 2.36 bits per heavy atom. The van der Waals surface area contributed by atoms with E-state index >= 15 is 0 Å². The summed E-state index contributed by atoms with van der Waals surface area (Å²) in [5.74, 6) is 0.148. The van der Waals surface area contributed by atoms with Gasteiger partial charge in [-0.15, -0.1) is 0 Å². The third kappa shape index (κ3) is 1.27. The Labute approximate surface area is 63.7 Å². The lowest BCUT2D eigenvalue weighted by Gasteiger charge is -1.98. The summed E-state index contributed by atoms with van der Waals surface area (Å²) in [6.45, 7) is 1.68. The van der Waals surface area contributed by atoms with E-state index in [-0.39, 0.29) is 11.4 Å². The van der Waals surface area contributed by atoms with Gasteiger partial charge in [-0.25, -0.2) is 4.98 Å². The largest absolute Gasteiger partial charge is 0.287 e. The number of aromatic nitrogens is 2. The fraction of sp³-hybridized carbons (Fsp3) is 0.286. The maximum Gasteiger partial charge on any atom is 0.254 e. The molecule has 56 valence electrons. The predicted octanol–water partition coefficient (Wildman–Crippen LogP) is -0.0396. The van der Waals surface area contributed by atoms with Crippen LogP contribution in [0.5, 0.6) is 0 Å². The molecule has 0 saturated heterocycles. The first-order valence-electron chi connectivity index (χ1n) is 3.10. The van der Waals surface area contributed by atoms with Crippen LogP contribution in [0.4, 0.5) is 0 Å². The molecule has 0 aliphatic rings. The molecule has 1 aromatic rings. The minimum absolute atomic E-state index is 0.148. The number of hydrogen-bond donors (Lipinski definition) is 0. The lowest BCUT2D eigenvalue weighted by atomic mass is 10.4. The number of nitriles is 1. The lowest BCUT2D eigenvalue weighted by Crippen LogP contribution is -2.20. The maximum atomic E-state index is 11.0.